The number of sulfone groups is 1. The standard InChI is InChI=1S/C24H29N3O6S/c1-5-25-20-8-7-17(23(29)33-6-2)12-21(20)26(24(25)30)13-22(28)19-11-15(3)27(16(19)4)18-9-10-34(31,32)14-18/h7-8,11-12,18H,5-6,9-10,13-14H2,1-4H3/t18-/m0/s1. The lowest BCUT2D eigenvalue weighted by molar-refractivity contribution is 0.0526. The number of aromatic nitrogens is 3. The summed E-state index contributed by atoms with van der Waals surface area (Å²) < 4.78 is 33.9. The second-order valence-electron chi connectivity index (χ2n) is 8.67. The van der Waals surface area contributed by atoms with E-state index >= 15 is 0 Å². The number of imidazole rings is 1. The van der Waals surface area contributed by atoms with Gasteiger partial charge in [0.05, 0.1) is 41.3 Å². The smallest absolute Gasteiger partial charge is 0.338 e. The normalized spacial score (nSPS) is 17.4. The molecule has 3 heterocycles. The minimum absolute atomic E-state index is 0.0665. The van der Waals surface area contributed by atoms with E-state index in [2.05, 4.69) is 0 Å². The maximum Gasteiger partial charge on any atom is 0.338 e. The Morgan fingerprint density at radius 2 is 1.82 bits per heavy atom. The summed E-state index contributed by atoms with van der Waals surface area (Å²) in [6, 6.07) is 6.46. The van der Waals surface area contributed by atoms with E-state index in [0.717, 1.165) is 5.69 Å². The highest BCUT2D eigenvalue weighted by molar-refractivity contribution is 7.91. The molecule has 0 unspecified atom stereocenters. The third-order valence-corrected chi connectivity index (χ3v) is 8.26. The molecule has 182 valence electrons. The predicted molar refractivity (Wildman–Crippen MR) is 128 cm³/mol. The fourth-order valence-electron chi connectivity index (χ4n) is 4.95. The molecule has 0 bridgehead atoms. The van der Waals surface area contributed by atoms with Gasteiger partial charge in [0, 0.05) is 29.5 Å². The average molecular weight is 488 g/mol. The molecule has 34 heavy (non-hydrogen) atoms. The van der Waals surface area contributed by atoms with Crippen molar-refractivity contribution in [1.82, 2.24) is 13.7 Å². The van der Waals surface area contributed by atoms with Crippen molar-refractivity contribution in [2.45, 2.75) is 53.2 Å². The first kappa shape index (κ1) is 24.0. The van der Waals surface area contributed by atoms with Crippen LogP contribution in [0, 0.1) is 13.8 Å². The first-order valence-electron chi connectivity index (χ1n) is 11.4. The molecule has 0 amide bonds. The van der Waals surface area contributed by atoms with Crippen molar-refractivity contribution in [1.29, 1.82) is 0 Å². The van der Waals surface area contributed by atoms with Crippen molar-refractivity contribution in [3.63, 3.8) is 0 Å². The largest absolute Gasteiger partial charge is 0.462 e. The maximum absolute atomic E-state index is 13.4. The molecule has 3 aromatic rings. The third kappa shape index (κ3) is 4.11. The van der Waals surface area contributed by atoms with E-state index in [0.29, 0.717) is 40.8 Å². The Kier molecular flexibility index (Phi) is 6.28. The van der Waals surface area contributed by atoms with Crippen molar-refractivity contribution in [3.8, 4) is 0 Å². The molecule has 0 radical (unpaired) electrons. The number of hydrogen-bond donors (Lipinski definition) is 0. The summed E-state index contributed by atoms with van der Waals surface area (Å²) in [5, 5.41) is 0. The zero-order chi connectivity index (χ0) is 24.8. The zero-order valence-electron chi connectivity index (χ0n) is 19.8. The van der Waals surface area contributed by atoms with Crippen LogP contribution in [0.2, 0.25) is 0 Å². The second kappa shape index (κ2) is 8.90. The molecule has 1 aliphatic heterocycles. The summed E-state index contributed by atoms with van der Waals surface area (Å²) in [5.41, 5.74) is 3.08. The Labute approximate surface area is 197 Å². The van der Waals surface area contributed by atoms with Crippen LogP contribution >= 0.6 is 0 Å². The van der Waals surface area contributed by atoms with Gasteiger partial charge in [-0.05, 0) is 58.4 Å². The van der Waals surface area contributed by atoms with Gasteiger partial charge in [0.15, 0.2) is 15.6 Å². The first-order chi connectivity index (χ1) is 16.1. The van der Waals surface area contributed by atoms with Gasteiger partial charge in [-0.2, -0.15) is 0 Å². The molecule has 1 aliphatic rings. The zero-order valence-corrected chi connectivity index (χ0v) is 20.6. The van der Waals surface area contributed by atoms with Gasteiger partial charge in [-0.15, -0.1) is 0 Å². The van der Waals surface area contributed by atoms with Crippen molar-refractivity contribution in [2.24, 2.45) is 0 Å². The number of Topliss-reactive ketones (excluding diaryl/α,β-unsaturated/α-hetero) is 1. The second-order valence-corrected chi connectivity index (χ2v) is 10.9. The van der Waals surface area contributed by atoms with Crippen LogP contribution in [-0.4, -0.2) is 52.0 Å². The van der Waals surface area contributed by atoms with E-state index in [1.165, 1.54) is 4.57 Å². The van der Waals surface area contributed by atoms with Crippen molar-refractivity contribution in [3.05, 3.63) is 57.3 Å². The van der Waals surface area contributed by atoms with E-state index in [9.17, 15) is 22.8 Å². The van der Waals surface area contributed by atoms with E-state index in [-0.39, 0.29) is 42.2 Å². The van der Waals surface area contributed by atoms with Crippen LogP contribution in [-0.2, 0) is 27.7 Å². The summed E-state index contributed by atoms with van der Waals surface area (Å²) in [5.74, 6) is -0.530. The number of carbonyl (C=O) groups excluding carboxylic acids is 2. The van der Waals surface area contributed by atoms with Crippen LogP contribution in [0.4, 0.5) is 0 Å². The Morgan fingerprint density at radius 1 is 1.09 bits per heavy atom. The maximum atomic E-state index is 13.4. The Balaban J connectivity index is 1.73. The van der Waals surface area contributed by atoms with Crippen LogP contribution in [0.3, 0.4) is 0 Å². The van der Waals surface area contributed by atoms with E-state index in [1.54, 1.807) is 35.8 Å². The van der Waals surface area contributed by atoms with Crippen LogP contribution < -0.4 is 5.69 Å². The van der Waals surface area contributed by atoms with Gasteiger partial charge in [-0.3, -0.25) is 13.9 Å². The van der Waals surface area contributed by atoms with Crippen LogP contribution in [0.5, 0.6) is 0 Å². The molecule has 0 spiro atoms. The summed E-state index contributed by atoms with van der Waals surface area (Å²) in [4.78, 5) is 38.7. The minimum atomic E-state index is -3.07. The molecule has 1 aromatic carbocycles. The Bertz CT molecular complexity index is 1460. The summed E-state index contributed by atoms with van der Waals surface area (Å²) in [7, 11) is -3.07. The fourth-order valence-corrected chi connectivity index (χ4v) is 6.65. The molecule has 9 nitrogen and oxygen atoms in total. The molecular formula is C24H29N3O6S. The summed E-state index contributed by atoms with van der Waals surface area (Å²) in [6.45, 7) is 7.68. The number of ether oxygens (including phenoxy) is 1. The number of ketones is 1. The van der Waals surface area contributed by atoms with Gasteiger partial charge in [0.1, 0.15) is 0 Å². The summed E-state index contributed by atoms with van der Waals surface area (Å²) >= 11 is 0. The molecule has 4 rings (SSSR count). The van der Waals surface area contributed by atoms with Crippen molar-refractivity contribution >= 4 is 32.6 Å². The number of hydrogen-bond acceptors (Lipinski definition) is 6. The highest BCUT2D eigenvalue weighted by atomic mass is 32.2. The van der Waals surface area contributed by atoms with E-state index in [1.807, 2.05) is 25.3 Å². The lowest BCUT2D eigenvalue weighted by Crippen LogP contribution is -2.27. The van der Waals surface area contributed by atoms with E-state index < -0.39 is 15.8 Å². The van der Waals surface area contributed by atoms with E-state index in [4.69, 9.17) is 4.74 Å². The topological polar surface area (TPSA) is 109 Å². The SMILES string of the molecule is CCOC(=O)c1ccc2c(c1)n(CC(=O)c1cc(C)n([C@H]3CCS(=O)(=O)C3)c1C)c(=O)n2CC. The lowest BCUT2D eigenvalue weighted by Gasteiger charge is -2.16. The highest BCUT2D eigenvalue weighted by Gasteiger charge is 2.32. The molecule has 0 saturated carbocycles. The van der Waals surface area contributed by atoms with Gasteiger partial charge < -0.3 is 9.30 Å². The number of carbonyl (C=O) groups is 2. The number of fused-ring (bicyclic) bond motifs is 1. The number of benzene rings is 1. The van der Waals surface area contributed by atoms with Gasteiger partial charge in [0.25, 0.3) is 0 Å². The van der Waals surface area contributed by atoms with Crippen LogP contribution in [0.15, 0.2) is 29.1 Å². The molecule has 1 fully saturated rings. The Morgan fingerprint density at radius 3 is 2.44 bits per heavy atom. The summed E-state index contributed by atoms with van der Waals surface area (Å²) in [6.07, 6.45) is 0.520. The monoisotopic (exact) mass is 487 g/mol. The number of aryl methyl sites for hydroxylation is 2. The first-order valence-corrected chi connectivity index (χ1v) is 13.2. The molecule has 0 aliphatic carbocycles. The van der Waals surface area contributed by atoms with Crippen LogP contribution in [0.1, 0.15) is 58.4 Å². The molecule has 10 heteroatoms. The molecule has 1 saturated heterocycles. The molecular weight excluding hydrogens is 458 g/mol. The van der Waals surface area contributed by atoms with Gasteiger partial charge in [-0.1, -0.05) is 0 Å². The van der Waals surface area contributed by atoms with Crippen molar-refractivity contribution in [2.75, 3.05) is 18.1 Å². The van der Waals surface area contributed by atoms with Crippen LogP contribution in [0.25, 0.3) is 11.0 Å². The van der Waals surface area contributed by atoms with Gasteiger partial charge >= 0.3 is 11.7 Å². The molecule has 1 atom stereocenters. The average Bonchev–Trinajstić information content (AvgIpc) is 3.38. The number of rotatable bonds is 7. The number of nitrogens with zero attached hydrogens (tertiary/aromatic N) is 3. The lowest BCUT2D eigenvalue weighted by atomic mass is 10.1. The van der Waals surface area contributed by atoms with Gasteiger partial charge in [-0.25, -0.2) is 18.0 Å². The number of esters is 1. The Hall–Kier alpha value is -3.14. The third-order valence-electron chi connectivity index (χ3n) is 6.51. The highest BCUT2D eigenvalue weighted by Crippen LogP contribution is 2.29. The minimum Gasteiger partial charge on any atom is -0.462 e. The fraction of sp³-hybridized carbons (Fsp3) is 0.458. The van der Waals surface area contributed by atoms with Crippen molar-refractivity contribution < 1.29 is 22.7 Å². The quantitative estimate of drug-likeness (QED) is 0.374. The predicted octanol–water partition coefficient (Wildman–Crippen LogP) is 2.66. The van der Waals surface area contributed by atoms with Gasteiger partial charge in [0.2, 0.25) is 0 Å². The molecule has 0 N–H and O–H groups in total. The molecule has 2 aromatic heterocycles.